The molecule has 1 atom stereocenters. The Morgan fingerprint density at radius 3 is 2.44 bits per heavy atom. The predicted octanol–water partition coefficient (Wildman–Crippen LogP) is 2.38. The van der Waals surface area contributed by atoms with Crippen molar-refractivity contribution in [3.8, 4) is 0 Å². The lowest BCUT2D eigenvalue weighted by Crippen LogP contribution is -2.40. The minimum absolute atomic E-state index is 0.204. The lowest BCUT2D eigenvalue weighted by atomic mass is 9.87. The Morgan fingerprint density at radius 2 is 2.00 bits per heavy atom. The van der Waals surface area contributed by atoms with Gasteiger partial charge in [0, 0.05) is 37.1 Å². The van der Waals surface area contributed by atoms with Gasteiger partial charge in [0.15, 0.2) is 0 Å². The van der Waals surface area contributed by atoms with E-state index in [9.17, 15) is 0 Å². The van der Waals surface area contributed by atoms with E-state index in [4.69, 9.17) is 0 Å². The molecule has 0 aliphatic rings. The fourth-order valence-corrected chi connectivity index (χ4v) is 1.77. The van der Waals surface area contributed by atoms with E-state index in [0.29, 0.717) is 6.04 Å². The monoisotopic (exact) mass is 250 g/mol. The van der Waals surface area contributed by atoms with Crippen molar-refractivity contribution in [2.75, 3.05) is 19.0 Å². The molecule has 4 heteroatoms. The molecule has 0 aliphatic heterocycles. The van der Waals surface area contributed by atoms with Gasteiger partial charge in [0.2, 0.25) is 5.95 Å². The zero-order valence-electron chi connectivity index (χ0n) is 12.7. The number of hydrogen-bond donors (Lipinski definition) is 1. The normalized spacial score (nSPS) is 13.5. The van der Waals surface area contributed by atoms with Crippen molar-refractivity contribution in [2.45, 2.75) is 47.2 Å². The van der Waals surface area contributed by atoms with E-state index in [1.54, 1.807) is 0 Å². The summed E-state index contributed by atoms with van der Waals surface area (Å²) < 4.78 is 0. The van der Waals surface area contributed by atoms with Crippen molar-refractivity contribution >= 4 is 5.95 Å². The van der Waals surface area contributed by atoms with Crippen LogP contribution in [-0.2, 0) is 6.54 Å². The molecule has 4 nitrogen and oxygen atoms in total. The number of nitrogens with one attached hydrogen (secondary N) is 1. The van der Waals surface area contributed by atoms with Gasteiger partial charge in [-0.2, -0.15) is 0 Å². The molecule has 1 aromatic rings. The first-order valence-corrected chi connectivity index (χ1v) is 6.47. The van der Waals surface area contributed by atoms with E-state index in [2.05, 4.69) is 54.9 Å². The Bertz CT molecular complexity index is 395. The smallest absolute Gasteiger partial charge is 0.225 e. The van der Waals surface area contributed by atoms with Gasteiger partial charge in [-0.05, 0) is 26.3 Å². The molecule has 0 fully saturated rings. The van der Waals surface area contributed by atoms with Crippen LogP contribution in [0.3, 0.4) is 0 Å². The van der Waals surface area contributed by atoms with Crippen molar-refractivity contribution in [2.24, 2.45) is 5.41 Å². The third-order valence-corrected chi connectivity index (χ3v) is 3.59. The predicted molar refractivity (Wildman–Crippen MR) is 76.9 cm³/mol. The van der Waals surface area contributed by atoms with Gasteiger partial charge in [0.05, 0.1) is 0 Å². The summed E-state index contributed by atoms with van der Waals surface area (Å²) in [7, 11) is 3.99. The molecular formula is C14H26N4. The first kappa shape index (κ1) is 14.9. The molecule has 0 bridgehead atoms. The maximum atomic E-state index is 4.60. The fraction of sp³-hybridized carbons (Fsp3) is 0.714. The van der Waals surface area contributed by atoms with Crippen molar-refractivity contribution in [1.29, 1.82) is 0 Å². The molecule has 1 aromatic heterocycles. The number of hydrogen-bond acceptors (Lipinski definition) is 4. The van der Waals surface area contributed by atoms with E-state index >= 15 is 0 Å². The van der Waals surface area contributed by atoms with Crippen LogP contribution < -0.4 is 10.2 Å². The van der Waals surface area contributed by atoms with Gasteiger partial charge in [0.1, 0.15) is 0 Å². The summed E-state index contributed by atoms with van der Waals surface area (Å²) in [6, 6.07) is 0.382. The van der Waals surface area contributed by atoms with Gasteiger partial charge in [-0.15, -0.1) is 0 Å². The first-order chi connectivity index (χ1) is 8.27. The summed E-state index contributed by atoms with van der Waals surface area (Å²) in [6.07, 6.45) is 1.92. The lowest BCUT2D eigenvalue weighted by molar-refractivity contribution is 0.327. The highest BCUT2D eigenvalue weighted by atomic mass is 15.3. The van der Waals surface area contributed by atoms with Crippen LogP contribution in [0.1, 0.15) is 39.0 Å². The SMILES string of the molecule is CNCc1cnc(N(C)C(C)C(C)(C)C)nc1C. The molecule has 1 heterocycles. The number of rotatable bonds is 4. The Balaban J connectivity index is 2.94. The van der Waals surface area contributed by atoms with E-state index in [1.807, 2.05) is 20.2 Å². The van der Waals surface area contributed by atoms with E-state index in [-0.39, 0.29) is 5.41 Å². The van der Waals surface area contributed by atoms with Gasteiger partial charge in [0.25, 0.3) is 0 Å². The zero-order chi connectivity index (χ0) is 13.9. The van der Waals surface area contributed by atoms with Crippen LogP contribution in [0.2, 0.25) is 0 Å². The molecule has 1 N–H and O–H groups in total. The molecular weight excluding hydrogens is 224 g/mol. The van der Waals surface area contributed by atoms with Crippen LogP contribution in [0, 0.1) is 12.3 Å². The highest BCUT2D eigenvalue weighted by Crippen LogP contribution is 2.25. The van der Waals surface area contributed by atoms with Crippen LogP contribution in [0.4, 0.5) is 5.95 Å². The van der Waals surface area contributed by atoms with Gasteiger partial charge in [-0.25, -0.2) is 9.97 Å². The van der Waals surface area contributed by atoms with Gasteiger partial charge in [-0.1, -0.05) is 20.8 Å². The first-order valence-electron chi connectivity index (χ1n) is 6.47. The highest BCUT2D eigenvalue weighted by molar-refractivity contribution is 5.33. The average molecular weight is 250 g/mol. The van der Waals surface area contributed by atoms with Crippen LogP contribution in [0.5, 0.6) is 0 Å². The van der Waals surface area contributed by atoms with Crippen LogP contribution in [-0.4, -0.2) is 30.1 Å². The minimum atomic E-state index is 0.204. The highest BCUT2D eigenvalue weighted by Gasteiger charge is 2.25. The molecule has 0 spiro atoms. The molecule has 1 unspecified atom stereocenters. The van der Waals surface area contributed by atoms with E-state index in [1.165, 1.54) is 0 Å². The van der Waals surface area contributed by atoms with E-state index in [0.717, 1.165) is 23.8 Å². The molecule has 0 radical (unpaired) electrons. The van der Waals surface area contributed by atoms with Crippen LogP contribution in [0.25, 0.3) is 0 Å². The summed E-state index contributed by atoms with van der Waals surface area (Å²) in [6.45, 7) is 11.8. The summed E-state index contributed by atoms with van der Waals surface area (Å²) in [4.78, 5) is 11.2. The fourth-order valence-electron chi connectivity index (χ4n) is 1.77. The third kappa shape index (κ3) is 3.42. The second-order valence-corrected chi connectivity index (χ2v) is 5.96. The molecule has 0 aromatic carbocycles. The number of aromatic nitrogens is 2. The number of nitrogens with zero attached hydrogens (tertiary/aromatic N) is 3. The second kappa shape index (κ2) is 5.65. The van der Waals surface area contributed by atoms with Crippen molar-refractivity contribution in [3.05, 3.63) is 17.5 Å². The maximum Gasteiger partial charge on any atom is 0.225 e. The topological polar surface area (TPSA) is 41.1 Å². The largest absolute Gasteiger partial charge is 0.341 e. The average Bonchev–Trinajstić information content (AvgIpc) is 2.29. The molecule has 1 rings (SSSR count). The molecule has 102 valence electrons. The molecule has 0 saturated heterocycles. The summed E-state index contributed by atoms with van der Waals surface area (Å²) in [5.74, 6) is 0.801. The Hall–Kier alpha value is -1.16. The lowest BCUT2D eigenvalue weighted by Gasteiger charge is -2.35. The Kier molecular flexibility index (Phi) is 4.68. The zero-order valence-corrected chi connectivity index (χ0v) is 12.7. The van der Waals surface area contributed by atoms with Crippen LogP contribution in [0.15, 0.2) is 6.20 Å². The van der Waals surface area contributed by atoms with Crippen molar-refractivity contribution < 1.29 is 0 Å². The Morgan fingerprint density at radius 1 is 1.39 bits per heavy atom. The molecule has 18 heavy (non-hydrogen) atoms. The minimum Gasteiger partial charge on any atom is -0.341 e. The van der Waals surface area contributed by atoms with Gasteiger partial charge < -0.3 is 10.2 Å². The number of aryl methyl sites for hydroxylation is 1. The molecule has 0 amide bonds. The molecule has 0 aliphatic carbocycles. The summed E-state index contributed by atoms with van der Waals surface area (Å²) in [5, 5.41) is 3.13. The summed E-state index contributed by atoms with van der Waals surface area (Å²) in [5.41, 5.74) is 2.40. The van der Waals surface area contributed by atoms with Gasteiger partial charge >= 0.3 is 0 Å². The number of anilines is 1. The van der Waals surface area contributed by atoms with Gasteiger partial charge in [-0.3, -0.25) is 0 Å². The quantitative estimate of drug-likeness (QED) is 0.891. The summed E-state index contributed by atoms with van der Waals surface area (Å²) >= 11 is 0. The van der Waals surface area contributed by atoms with Crippen molar-refractivity contribution in [3.63, 3.8) is 0 Å². The maximum absolute atomic E-state index is 4.60. The van der Waals surface area contributed by atoms with E-state index < -0.39 is 0 Å². The van der Waals surface area contributed by atoms with Crippen LogP contribution >= 0.6 is 0 Å². The Labute approximate surface area is 111 Å². The second-order valence-electron chi connectivity index (χ2n) is 5.96. The van der Waals surface area contributed by atoms with Crippen molar-refractivity contribution in [1.82, 2.24) is 15.3 Å². The third-order valence-electron chi connectivity index (χ3n) is 3.59. The molecule has 0 saturated carbocycles. The standard InChI is InChI=1S/C14H26N4/c1-10-12(8-15-6)9-16-13(17-10)18(7)11(2)14(3,4)5/h9,11,15H,8H2,1-7H3.